The minimum atomic E-state index is -0.259. The van der Waals surface area contributed by atoms with E-state index in [1.807, 2.05) is 17.0 Å². The minimum absolute atomic E-state index is 0.143. The highest BCUT2D eigenvalue weighted by Crippen LogP contribution is 2.26. The molecule has 5 nitrogen and oxygen atoms in total. The molecule has 3 rings (SSSR count). The molecule has 2 heterocycles. The number of hydrogen-bond acceptors (Lipinski definition) is 3. The lowest BCUT2D eigenvalue weighted by atomic mass is 10.1. The molecule has 2 aromatic rings. The van der Waals surface area contributed by atoms with Crippen LogP contribution in [0.25, 0.3) is 0 Å². The molecule has 0 bridgehead atoms. The quantitative estimate of drug-likeness (QED) is 0.939. The van der Waals surface area contributed by atoms with E-state index < -0.39 is 0 Å². The molecule has 1 amide bonds. The summed E-state index contributed by atoms with van der Waals surface area (Å²) in [6.07, 6.45) is 5.89. The first kappa shape index (κ1) is 13.7. The summed E-state index contributed by atoms with van der Waals surface area (Å²) in [5.74, 6) is 0.615. The summed E-state index contributed by atoms with van der Waals surface area (Å²) < 4.78 is 5.37. The zero-order valence-electron chi connectivity index (χ0n) is 11.7. The molecule has 1 saturated carbocycles. The van der Waals surface area contributed by atoms with Crippen molar-refractivity contribution in [3.05, 3.63) is 58.4 Å². The molecule has 1 aliphatic rings. The maximum Gasteiger partial charge on any atom is 0.271 e. The zero-order valence-corrected chi connectivity index (χ0v) is 11.7. The molecule has 5 heteroatoms. The summed E-state index contributed by atoms with van der Waals surface area (Å²) in [5.41, 5.74) is 0.0752. The van der Waals surface area contributed by atoms with E-state index in [1.54, 1.807) is 18.4 Å². The Balaban J connectivity index is 1.86. The number of carbonyl (C=O) groups is 1. The molecular formula is C16H18N2O3. The number of nitrogens with one attached hydrogen (secondary N) is 1. The highest BCUT2D eigenvalue weighted by Gasteiger charge is 2.28. The molecule has 0 aliphatic heterocycles. The van der Waals surface area contributed by atoms with Crippen molar-refractivity contribution in [1.82, 2.24) is 9.88 Å². The maximum atomic E-state index is 12.7. The fourth-order valence-electron chi connectivity index (χ4n) is 2.88. The zero-order chi connectivity index (χ0) is 14.7. The molecule has 110 valence electrons. The van der Waals surface area contributed by atoms with Gasteiger partial charge >= 0.3 is 0 Å². The molecule has 1 fully saturated rings. The molecule has 1 N–H and O–H groups in total. The first-order valence-corrected chi connectivity index (χ1v) is 7.27. The van der Waals surface area contributed by atoms with Crippen LogP contribution in [-0.4, -0.2) is 21.8 Å². The third kappa shape index (κ3) is 3.07. The van der Waals surface area contributed by atoms with Crippen LogP contribution in [0.15, 0.2) is 45.8 Å². The van der Waals surface area contributed by atoms with E-state index >= 15 is 0 Å². The summed E-state index contributed by atoms with van der Waals surface area (Å²) >= 11 is 0. The van der Waals surface area contributed by atoms with Gasteiger partial charge in [-0.3, -0.25) is 9.59 Å². The van der Waals surface area contributed by atoms with Crippen LogP contribution < -0.4 is 5.56 Å². The number of aromatic amines is 1. The molecule has 0 spiro atoms. The molecule has 21 heavy (non-hydrogen) atoms. The Kier molecular flexibility index (Phi) is 3.90. The predicted molar refractivity (Wildman–Crippen MR) is 77.9 cm³/mol. The molecule has 1 aliphatic carbocycles. The standard InChI is InChI=1S/C16H18N2O3/c19-15-9-3-8-14(17-15)16(20)18(12-5-1-2-6-12)11-13-7-4-10-21-13/h3-4,7-10,12H,1-2,5-6,11H2,(H,17,19). The van der Waals surface area contributed by atoms with E-state index in [1.165, 1.54) is 6.07 Å². The van der Waals surface area contributed by atoms with Crippen LogP contribution in [0.1, 0.15) is 41.9 Å². The molecule has 0 aromatic carbocycles. The van der Waals surface area contributed by atoms with Crippen molar-refractivity contribution < 1.29 is 9.21 Å². The molecule has 0 radical (unpaired) electrons. The number of nitrogens with zero attached hydrogens (tertiary/aromatic N) is 1. The summed E-state index contributed by atoms with van der Waals surface area (Å²) in [7, 11) is 0. The van der Waals surface area contributed by atoms with Crippen molar-refractivity contribution in [2.45, 2.75) is 38.3 Å². The van der Waals surface area contributed by atoms with Gasteiger partial charge in [-0.2, -0.15) is 0 Å². The van der Waals surface area contributed by atoms with Crippen molar-refractivity contribution in [1.29, 1.82) is 0 Å². The number of furan rings is 1. The topological polar surface area (TPSA) is 66.3 Å². The summed E-state index contributed by atoms with van der Waals surface area (Å²) in [6, 6.07) is 8.55. The third-order valence-electron chi connectivity index (χ3n) is 3.93. The van der Waals surface area contributed by atoms with E-state index in [0.717, 1.165) is 31.4 Å². The van der Waals surface area contributed by atoms with Crippen LogP contribution in [0.4, 0.5) is 0 Å². The number of rotatable bonds is 4. The van der Waals surface area contributed by atoms with Crippen molar-refractivity contribution in [3.63, 3.8) is 0 Å². The van der Waals surface area contributed by atoms with Crippen molar-refractivity contribution in [2.75, 3.05) is 0 Å². The lowest BCUT2D eigenvalue weighted by Crippen LogP contribution is -2.39. The van der Waals surface area contributed by atoms with Gasteiger partial charge in [-0.05, 0) is 31.0 Å². The van der Waals surface area contributed by atoms with Gasteiger partial charge in [0.2, 0.25) is 5.56 Å². The Morgan fingerprint density at radius 1 is 1.24 bits per heavy atom. The first-order valence-electron chi connectivity index (χ1n) is 7.27. The van der Waals surface area contributed by atoms with Gasteiger partial charge < -0.3 is 14.3 Å². The van der Waals surface area contributed by atoms with Crippen molar-refractivity contribution >= 4 is 5.91 Å². The van der Waals surface area contributed by atoms with Gasteiger partial charge in [-0.1, -0.05) is 18.9 Å². The molecular weight excluding hydrogens is 268 g/mol. The Morgan fingerprint density at radius 3 is 2.71 bits per heavy atom. The minimum Gasteiger partial charge on any atom is -0.467 e. The number of hydrogen-bond donors (Lipinski definition) is 1. The van der Waals surface area contributed by atoms with Gasteiger partial charge in [0.15, 0.2) is 0 Å². The van der Waals surface area contributed by atoms with Crippen molar-refractivity contribution in [2.24, 2.45) is 0 Å². The van der Waals surface area contributed by atoms with Crippen LogP contribution >= 0.6 is 0 Å². The van der Waals surface area contributed by atoms with Crippen LogP contribution in [-0.2, 0) is 6.54 Å². The Morgan fingerprint density at radius 2 is 2.05 bits per heavy atom. The number of pyridine rings is 1. The SMILES string of the molecule is O=C(c1cccc(=O)[nH]1)N(Cc1ccco1)C1CCCC1. The number of H-pyrrole nitrogens is 1. The fraction of sp³-hybridized carbons (Fsp3) is 0.375. The van der Waals surface area contributed by atoms with Crippen molar-refractivity contribution in [3.8, 4) is 0 Å². The highest BCUT2D eigenvalue weighted by atomic mass is 16.3. The summed E-state index contributed by atoms with van der Waals surface area (Å²) in [5, 5.41) is 0. The van der Waals surface area contributed by atoms with Gasteiger partial charge in [-0.15, -0.1) is 0 Å². The second-order valence-electron chi connectivity index (χ2n) is 5.38. The van der Waals surface area contributed by atoms with E-state index in [4.69, 9.17) is 4.42 Å². The van der Waals surface area contributed by atoms with E-state index in [0.29, 0.717) is 12.2 Å². The Hall–Kier alpha value is -2.30. The number of carbonyl (C=O) groups excluding carboxylic acids is 1. The average Bonchev–Trinajstić information content (AvgIpc) is 3.17. The summed E-state index contributed by atoms with van der Waals surface area (Å²) in [6.45, 7) is 0.438. The van der Waals surface area contributed by atoms with E-state index in [-0.39, 0.29) is 17.5 Å². The highest BCUT2D eigenvalue weighted by molar-refractivity contribution is 5.92. The van der Waals surface area contributed by atoms with Gasteiger partial charge in [0.1, 0.15) is 11.5 Å². The molecule has 2 aromatic heterocycles. The maximum absolute atomic E-state index is 12.7. The predicted octanol–water partition coefficient (Wildman–Crippen LogP) is 2.55. The van der Waals surface area contributed by atoms with E-state index in [9.17, 15) is 9.59 Å². The van der Waals surface area contributed by atoms with Gasteiger partial charge in [-0.25, -0.2) is 0 Å². The average molecular weight is 286 g/mol. The van der Waals surface area contributed by atoms with Gasteiger partial charge in [0, 0.05) is 12.1 Å². The Labute approximate surface area is 122 Å². The first-order chi connectivity index (χ1) is 10.2. The Bertz CT molecular complexity index is 654. The normalized spacial score (nSPS) is 15.2. The fourth-order valence-corrected chi connectivity index (χ4v) is 2.88. The van der Waals surface area contributed by atoms with Crippen LogP contribution in [0, 0.1) is 0 Å². The lowest BCUT2D eigenvalue weighted by molar-refractivity contribution is 0.0642. The van der Waals surface area contributed by atoms with E-state index in [2.05, 4.69) is 4.98 Å². The van der Waals surface area contributed by atoms with Gasteiger partial charge in [0.25, 0.3) is 5.91 Å². The lowest BCUT2D eigenvalue weighted by Gasteiger charge is -2.28. The molecule has 0 saturated heterocycles. The van der Waals surface area contributed by atoms with Crippen LogP contribution in [0.2, 0.25) is 0 Å². The molecule has 0 unspecified atom stereocenters. The largest absolute Gasteiger partial charge is 0.467 e. The van der Waals surface area contributed by atoms with Crippen LogP contribution in [0.5, 0.6) is 0 Å². The number of amides is 1. The summed E-state index contributed by atoms with van der Waals surface area (Å²) in [4.78, 5) is 28.6. The van der Waals surface area contributed by atoms with Crippen LogP contribution in [0.3, 0.4) is 0 Å². The van der Waals surface area contributed by atoms with Gasteiger partial charge in [0.05, 0.1) is 12.8 Å². The monoisotopic (exact) mass is 286 g/mol. The second kappa shape index (κ2) is 5.99. The smallest absolute Gasteiger partial charge is 0.271 e. The second-order valence-corrected chi connectivity index (χ2v) is 5.38. The third-order valence-corrected chi connectivity index (χ3v) is 3.93. The molecule has 0 atom stereocenters. The number of aromatic nitrogens is 1.